The van der Waals surface area contributed by atoms with Crippen molar-refractivity contribution in [3.63, 3.8) is 0 Å². The van der Waals surface area contributed by atoms with Crippen LogP contribution >= 0.6 is 11.8 Å². The Kier molecular flexibility index (Phi) is 5.41. The SMILES string of the molecule is Cc1ccccc1-n1ncc2c(=O)n3c(nc21)SCC3CC(=O)Nc1ccc(N(C)C)cc1. The molecular weight excluding hydrogens is 436 g/mol. The molecule has 1 aliphatic heterocycles. The smallest absolute Gasteiger partial charge is 0.265 e. The maximum absolute atomic E-state index is 13.3. The van der Waals surface area contributed by atoms with Gasteiger partial charge < -0.3 is 10.2 Å². The third-order valence-corrected chi connectivity index (χ3v) is 6.90. The second-order valence-electron chi connectivity index (χ2n) is 8.31. The molecule has 5 rings (SSSR count). The molecule has 0 saturated heterocycles. The highest BCUT2D eigenvalue weighted by molar-refractivity contribution is 7.99. The number of benzene rings is 2. The molecule has 0 aliphatic carbocycles. The Morgan fingerprint density at radius 2 is 1.94 bits per heavy atom. The van der Waals surface area contributed by atoms with Crippen LogP contribution in [0, 0.1) is 6.92 Å². The summed E-state index contributed by atoms with van der Waals surface area (Å²) in [5.41, 5.74) is 4.11. The molecule has 0 spiro atoms. The number of amides is 1. The van der Waals surface area contributed by atoms with Crippen molar-refractivity contribution in [3.8, 4) is 5.69 Å². The number of fused-ring (bicyclic) bond motifs is 2. The van der Waals surface area contributed by atoms with Gasteiger partial charge in [-0.1, -0.05) is 30.0 Å². The van der Waals surface area contributed by atoms with Crippen LogP contribution in [0.2, 0.25) is 0 Å². The summed E-state index contributed by atoms with van der Waals surface area (Å²) in [7, 11) is 3.94. The molecule has 8 nitrogen and oxygen atoms in total. The van der Waals surface area contributed by atoms with E-state index < -0.39 is 0 Å². The number of hydrogen-bond acceptors (Lipinski definition) is 6. The van der Waals surface area contributed by atoms with Gasteiger partial charge in [0.05, 0.1) is 17.9 Å². The molecule has 3 heterocycles. The molecular formula is C24H24N6O2S. The fourth-order valence-electron chi connectivity index (χ4n) is 4.03. The summed E-state index contributed by atoms with van der Waals surface area (Å²) in [6.45, 7) is 2.00. The van der Waals surface area contributed by atoms with Crippen LogP contribution in [0.5, 0.6) is 0 Å². The molecule has 0 bridgehead atoms. The molecule has 1 amide bonds. The third kappa shape index (κ3) is 3.89. The highest BCUT2D eigenvalue weighted by Crippen LogP contribution is 2.33. The van der Waals surface area contributed by atoms with Crippen LogP contribution in [0.25, 0.3) is 16.7 Å². The van der Waals surface area contributed by atoms with E-state index >= 15 is 0 Å². The first kappa shape index (κ1) is 21.3. The summed E-state index contributed by atoms with van der Waals surface area (Å²) in [6.07, 6.45) is 1.77. The van der Waals surface area contributed by atoms with Gasteiger partial charge in [-0.25, -0.2) is 9.67 Å². The van der Waals surface area contributed by atoms with Crippen LogP contribution in [0.1, 0.15) is 18.0 Å². The van der Waals surface area contributed by atoms with Gasteiger partial charge in [-0.3, -0.25) is 14.2 Å². The average Bonchev–Trinajstić information content (AvgIpc) is 3.39. The van der Waals surface area contributed by atoms with Crippen LogP contribution in [0.15, 0.2) is 64.7 Å². The molecule has 1 atom stereocenters. The van der Waals surface area contributed by atoms with Crippen LogP contribution < -0.4 is 15.8 Å². The molecule has 2 aromatic heterocycles. The zero-order valence-electron chi connectivity index (χ0n) is 18.6. The van der Waals surface area contributed by atoms with Crippen LogP contribution in [-0.4, -0.2) is 45.1 Å². The van der Waals surface area contributed by atoms with Crippen molar-refractivity contribution < 1.29 is 4.79 Å². The number of hydrogen-bond donors (Lipinski definition) is 1. The number of rotatable bonds is 5. The summed E-state index contributed by atoms with van der Waals surface area (Å²) in [4.78, 5) is 32.8. The van der Waals surface area contributed by atoms with Crippen LogP contribution in [0.3, 0.4) is 0 Å². The molecule has 33 heavy (non-hydrogen) atoms. The van der Waals surface area contributed by atoms with Crippen LogP contribution in [-0.2, 0) is 4.79 Å². The Hall–Kier alpha value is -3.59. The molecule has 0 saturated carbocycles. The van der Waals surface area contributed by atoms with Gasteiger partial charge in [-0.2, -0.15) is 5.10 Å². The van der Waals surface area contributed by atoms with Gasteiger partial charge in [0.2, 0.25) is 5.91 Å². The molecule has 168 valence electrons. The Morgan fingerprint density at radius 1 is 1.18 bits per heavy atom. The molecule has 0 fully saturated rings. The van der Waals surface area contributed by atoms with Crippen molar-refractivity contribution in [2.75, 3.05) is 30.1 Å². The van der Waals surface area contributed by atoms with E-state index in [9.17, 15) is 9.59 Å². The highest BCUT2D eigenvalue weighted by Gasteiger charge is 2.29. The minimum Gasteiger partial charge on any atom is -0.378 e. The van der Waals surface area contributed by atoms with Crippen LogP contribution in [0.4, 0.5) is 11.4 Å². The number of nitrogens with zero attached hydrogens (tertiary/aromatic N) is 5. The van der Waals surface area contributed by atoms with E-state index in [0.717, 1.165) is 22.6 Å². The zero-order chi connectivity index (χ0) is 23.1. The number of anilines is 2. The number of carbonyl (C=O) groups is 1. The van der Waals surface area contributed by atoms with E-state index in [2.05, 4.69) is 10.4 Å². The summed E-state index contributed by atoms with van der Waals surface area (Å²) >= 11 is 1.50. The van der Waals surface area contributed by atoms with E-state index in [-0.39, 0.29) is 23.9 Å². The van der Waals surface area contributed by atoms with Gasteiger partial charge in [0.25, 0.3) is 5.56 Å². The lowest BCUT2D eigenvalue weighted by Crippen LogP contribution is -2.27. The van der Waals surface area contributed by atoms with Gasteiger partial charge in [0, 0.05) is 37.6 Å². The van der Waals surface area contributed by atoms with Gasteiger partial charge in [-0.15, -0.1) is 0 Å². The first-order valence-corrected chi connectivity index (χ1v) is 11.7. The number of nitrogens with one attached hydrogen (secondary N) is 1. The Morgan fingerprint density at radius 3 is 2.67 bits per heavy atom. The number of aryl methyl sites for hydroxylation is 1. The monoisotopic (exact) mass is 460 g/mol. The van der Waals surface area contributed by atoms with E-state index in [4.69, 9.17) is 4.98 Å². The lowest BCUT2D eigenvalue weighted by Gasteiger charge is -2.15. The van der Waals surface area contributed by atoms with E-state index in [1.54, 1.807) is 15.4 Å². The fourth-order valence-corrected chi connectivity index (χ4v) is 5.16. The topological polar surface area (TPSA) is 85.0 Å². The largest absolute Gasteiger partial charge is 0.378 e. The second kappa shape index (κ2) is 8.40. The minimum absolute atomic E-state index is 0.131. The predicted octanol–water partition coefficient (Wildman–Crippen LogP) is 3.63. The number of thioether (sulfide) groups is 1. The average molecular weight is 461 g/mol. The highest BCUT2D eigenvalue weighted by atomic mass is 32.2. The molecule has 0 radical (unpaired) electrons. The van der Waals surface area contributed by atoms with E-state index in [1.807, 2.05) is 74.4 Å². The molecule has 4 aromatic rings. The zero-order valence-corrected chi connectivity index (χ0v) is 19.5. The molecule has 2 aromatic carbocycles. The summed E-state index contributed by atoms with van der Waals surface area (Å²) in [5, 5.41) is 8.45. The lowest BCUT2D eigenvalue weighted by atomic mass is 10.2. The summed E-state index contributed by atoms with van der Waals surface area (Å²) in [5.74, 6) is 0.494. The van der Waals surface area contributed by atoms with Gasteiger partial charge in [-0.05, 0) is 42.8 Å². The lowest BCUT2D eigenvalue weighted by molar-refractivity contribution is -0.116. The number of para-hydroxylation sites is 1. The third-order valence-electron chi connectivity index (χ3n) is 5.80. The first-order chi connectivity index (χ1) is 15.9. The Bertz CT molecular complexity index is 1410. The van der Waals surface area contributed by atoms with Gasteiger partial charge >= 0.3 is 0 Å². The number of aromatic nitrogens is 4. The van der Waals surface area contributed by atoms with E-state index in [1.165, 1.54) is 11.8 Å². The first-order valence-electron chi connectivity index (χ1n) is 10.7. The van der Waals surface area contributed by atoms with Crippen molar-refractivity contribution in [2.24, 2.45) is 0 Å². The Balaban J connectivity index is 1.40. The minimum atomic E-state index is -0.253. The van der Waals surface area contributed by atoms with Gasteiger partial charge in [0.15, 0.2) is 10.8 Å². The predicted molar refractivity (Wildman–Crippen MR) is 132 cm³/mol. The van der Waals surface area contributed by atoms with Crippen molar-refractivity contribution in [3.05, 3.63) is 70.6 Å². The van der Waals surface area contributed by atoms with Crippen molar-refractivity contribution in [1.29, 1.82) is 0 Å². The van der Waals surface area contributed by atoms with Gasteiger partial charge in [0.1, 0.15) is 5.39 Å². The summed E-state index contributed by atoms with van der Waals surface area (Å²) < 4.78 is 3.36. The quantitative estimate of drug-likeness (QED) is 0.458. The summed E-state index contributed by atoms with van der Waals surface area (Å²) in [6, 6.07) is 15.3. The normalized spacial score (nSPS) is 14.9. The maximum atomic E-state index is 13.3. The van der Waals surface area contributed by atoms with Crippen molar-refractivity contribution >= 4 is 40.1 Å². The second-order valence-corrected chi connectivity index (χ2v) is 9.30. The molecule has 1 aliphatic rings. The Labute approximate surface area is 195 Å². The maximum Gasteiger partial charge on any atom is 0.265 e. The molecule has 1 unspecified atom stereocenters. The number of carbonyl (C=O) groups excluding carboxylic acids is 1. The van der Waals surface area contributed by atoms with Crippen molar-refractivity contribution in [1.82, 2.24) is 19.3 Å². The molecule has 1 N–H and O–H groups in total. The van der Waals surface area contributed by atoms with Crippen molar-refractivity contribution in [2.45, 2.75) is 24.5 Å². The standard InChI is InChI=1S/C24H24N6O2S/c1-15-6-4-5-7-20(15)30-22-19(13-25-30)23(32)29-18(14-33-24(29)27-22)12-21(31)26-16-8-10-17(11-9-16)28(2)3/h4-11,13,18H,12,14H2,1-3H3,(H,26,31). The fraction of sp³-hybridized carbons (Fsp3) is 0.250. The molecule has 9 heteroatoms. The van der Waals surface area contributed by atoms with E-state index in [0.29, 0.717) is 21.9 Å².